The van der Waals surface area contributed by atoms with E-state index in [0.717, 1.165) is 32.7 Å². The second kappa shape index (κ2) is 4.66. The Morgan fingerprint density at radius 1 is 1.40 bits per heavy atom. The van der Waals surface area contributed by atoms with Gasteiger partial charge in [-0.1, -0.05) is 0 Å². The first-order valence-corrected chi connectivity index (χ1v) is 3.94. The van der Waals surface area contributed by atoms with Crippen LogP contribution in [-0.4, -0.2) is 32.3 Å². The van der Waals surface area contributed by atoms with Gasteiger partial charge in [0.2, 0.25) is 0 Å². The fourth-order valence-electron chi connectivity index (χ4n) is 0.929. The van der Waals surface area contributed by atoms with Gasteiger partial charge >= 0.3 is 0 Å². The van der Waals surface area contributed by atoms with E-state index in [9.17, 15) is 0 Å². The Labute approximate surface area is 61.9 Å². The highest BCUT2D eigenvalue weighted by Gasteiger charge is 2.15. The van der Waals surface area contributed by atoms with Gasteiger partial charge in [0.1, 0.15) is 0 Å². The Kier molecular flexibility index (Phi) is 3.72. The summed E-state index contributed by atoms with van der Waals surface area (Å²) in [5.41, 5.74) is 5.34. The number of nitrogens with one attached hydrogen (secondary N) is 1. The van der Waals surface area contributed by atoms with Crippen molar-refractivity contribution in [1.82, 2.24) is 5.32 Å². The van der Waals surface area contributed by atoms with Crippen LogP contribution in [0.25, 0.3) is 0 Å². The van der Waals surface area contributed by atoms with Gasteiger partial charge < -0.3 is 15.8 Å². The molecule has 0 saturated carbocycles. The van der Waals surface area contributed by atoms with Gasteiger partial charge in [-0.2, -0.15) is 0 Å². The molecule has 0 amide bonds. The van der Waals surface area contributed by atoms with Crippen molar-refractivity contribution < 1.29 is 4.74 Å². The van der Waals surface area contributed by atoms with Gasteiger partial charge in [-0.25, -0.2) is 0 Å². The third kappa shape index (κ3) is 2.64. The molecule has 3 N–H and O–H groups in total. The predicted molar refractivity (Wildman–Crippen MR) is 40.9 cm³/mol. The van der Waals surface area contributed by atoms with Crippen LogP contribution >= 0.6 is 0 Å². The topological polar surface area (TPSA) is 47.3 Å². The number of hydrogen-bond donors (Lipinski definition) is 2. The standard InChI is InChI=1S/C7H16N2O/c8-3-1-2-4-9-7-5-10-6-7/h7,9H,1-6,8H2. The molecule has 60 valence electrons. The summed E-state index contributed by atoms with van der Waals surface area (Å²) in [6.07, 6.45) is 2.31. The quantitative estimate of drug-likeness (QED) is 0.521. The lowest BCUT2D eigenvalue weighted by molar-refractivity contribution is -0.00494. The molecule has 0 atom stereocenters. The summed E-state index contributed by atoms with van der Waals surface area (Å²) in [5, 5.41) is 3.37. The smallest absolute Gasteiger partial charge is 0.0643 e. The van der Waals surface area contributed by atoms with E-state index in [1.54, 1.807) is 0 Å². The molecule has 0 radical (unpaired) electrons. The average Bonchev–Trinajstić information content (AvgIpc) is 1.84. The van der Waals surface area contributed by atoms with Crippen molar-refractivity contribution in [3.63, 3.8) is 0 Å². The van der Waals surface area contributed by atoms with Gasteiger partial charge in [0, 0.05) is 0 Å². The minimum Gasteiger partial charge on any atom is -0.378 e. The molecule has 3 heteroatoms. The summed E-state index contributed by atoms with van der Waals surface area (Å²) in [5.74, 6) is 0. The van der Waals surface area contributed by atoms with Crippen LogP contribution in [0.2, 0.25) is 0 Å². The number of unbranched alkanes of at least 4 members (excludes halogenated alkanes) is 1. The summed E-state index contributed by atoms with van der Waals surface area (Å²) in [4.78, 5) is 0. The Balaban J connectivity index is 1.76. The summed E-state index contributed by atoms with van der Waals surface area (Å²) in [6.45, 7) is 3.68. The van der Waals surface area contributed by atoms with Crippen molar-refractivity contribution in [3.8, 4) is 0 Å². The summed E-state index contributed by atoms with van der Waals surface area (Å²) < 4.78 is 5.00. The van der Waals surface area contributed by atoms with E-state index in [1.165, 1.54) is 6.42 Å². The van der Waals surface area contributed by atoms with Gasteiger partial charge in [-0.05, 0) is 25.9 Å². The fourth-order valence-corrected chi connectivity index (χ4v) is 0.929. The van der Waals surface area contributed by atoms with Crippen LogP contribution in [0.1, 0.15) is 12.8 Å². The van der Waals surface area contributed by atoms with Gasteiger partial charge in [0.05, 0.1) is 19.3 Å². The lowest BCUT2D eigenvalue weighted by Crippen LogP contribution is -2.46. The maximum absolute atomic E-state index is 5.34. The third-order valence-electron chi connectivity index (χ3n) is 1.70. The summed E-state index contributed by atoms with van der Waals surface area (Å²) >= 11 is 0. The summed E-state index contributed by atoms with van der Waals surface area (Å²) in [7, 11) is 0. The molecule has 1 heterocycles. The molecule has 0 bridgehead atoms. The highest BCUT2D eigenvalue weighted by molar-refractivity contribution is 4.72. The third-order valence-corrected chi connectivity index (χ3v) is 1.70. The zero-order chi connectivity index (χ0) is 7.23. The van der Waals surface area contributed by atoms with Gasteiger partial charge in [-0.3, -0.25) is 0 Å². The SMILES string of the molecule is NCCCCNC1COC1. The van der Waals surface area contributed by atoms with Gasteiger partial charge in [-0.15, -0.1) is 0 Å². The Morgan fingerprint density at radius 2 is 2.20 bits per heavy atom. The predicted octanol–water partition coefficient (Wildman–Crippen LogP) is -0.286. The van der Waals surface area contributed by atoms with Crippen molar-refractivity contribution in [2.24, 2.45) is 5.73 Å². The Morgan fingerprint density at radius 3 is 2.70 bits per heavy atom. The zero-order valence-corrected chi connectivity index (χ0v) is 6.31. The second-order valence-corrected chi connectivity index (χ2v) is 2.68. The highest BCUT2D eigenvalue weighted by Crippen LogP contribution is 1.99. The van der Waals surface area contributed by atoms with Crippen LogP contribution in [0.15, 0.2) is 0 Å². The molecule has 0 aromatic rings. The van der Waals surface area contributed by atoms with Crippen LogP contribution in [0, 0.1) is 0 Å². The minimum absolute atomic E-state index is 0.623. The van der Waals surface area contributed by atoms with Crippen molar-refractivity contribution >= 4 is 0 Å². The van der Waals surface area contributed by atoms with Crippen LogP contribution in [0.3, 0.4) is 0 Å². The minimum atomic E-state index is 0.623. The van der Waals surface area contributed by atoms with E-state index < -0.39 is 0 Å². The van der Waals surface area contributed by atoms with Gasteiger partial charge in [0.15, 0.2) is 0 Å². The number of ether oxygens (including phenoxy) is 1. The number of hydrogen-bond acceptors (Lipinski definition) is 3. The largest absolute Gasteiger partial charge is 0.378 e. The van der Waals surface area contributed by atoms with E-state index in [0.29, 0.717) is 6.04 Å². The molecule has 1 aliphatic rings. The maximum Gasteiger partial charge on any atom is 0.0643 e. The van der Waals surface area contributed by atoms with Crippen molar-refractivity contribution in [1.29, 1.82) is 0 Å². The molecule has 0 spiro atoms. The highest BCUT2D eigenvalue weighted by atomic mass is 16.5. The zero-order valence-electron chi connectivity index (χ0n) is 6.31. The molecule has 1 saturated heterocycles. The number of nitrogens with two attached hydrogens (primary N) is 1. The van der Waals surface area contributed by atoms with E-state index in [4.69, 9.17) is 10.5 Å². The van der Waals surface area contributed by atoms with Gasteiger partial charge in [0.25, 0.3) is 0 Å². The molecule has 0 aromatic carbocycles. The van der Waals surface area contributed by atoms with Crippen molar-refractivity contribution in [2.75, 3.05) is 26.3 Å². The van der Waals surface area contributed by atoms with Crippen LogP contribution in [-0.2, 0) is 4.74 Å². The monoisotopic (exact) mass is 144 g/mol. The van der Waals surface area contributed by atoms with Crippen molar-refractivity contribution in [2.45, 2.75) is 18.9 Å². The first-order valence-electron chi connectivity index (χ1n) is 3.94. The first-order chi connectivity index (χ1) is 4.93. The average molecular weight is 144 g/mol. The molecule has 1 aliphatic heterocycles. The van der Waals surface area contributed by atoms with Crippen LogP contribution < -0.4 is 11.1 Å². The van der Waals surface area contributed by atoms with Crippen LogP contribution in [0.5, 0.6) is 0 Å². The normalized spacial score (nSPS) is 18.9. The molecule has 0 unspecified atom stereocenters. The molecule has 10 heavy (non-hydrogen) atoms. The first kappa shape index (κ1) is 7.98. The maximum atomic E-state index is 5.34. The Bertz CT molecular complexity index is 83.7. The van der Waals surface area contributed by atoms with E-state index >= 15 is 0 Å². The fraction of sp³-hybridized carbons (Fsp3) is 1.00. The molecule has 0 aromatic heterocycles. The van der Waals surface area contributed by atoms with E-state index in [1.807, 2.05) is 0 Å². The molecule has 3 nitrogen and oxygen atoms in total. The molecular weight excluding hydrogens is 128 g/mol. The lowest BCUT2D eigenvalue weighted by Gasteiger charge is -2.26. The molecule has 1 rings (SSSR count). The second-order valence-electron chi connectivity index (χ2n) is 2.68. The molecular formula is C7H16N2O. The van der Waals surface area contributed by atoms with E-state index in [2.05, 4.69) is 5.32 Å². The van der Waals surface area contributed by atoms with Crippen molar-refractivity contribution in [3.05, 3.63) is 0 Å². The van der Waals surface area contributed by atoms with E-state index in [-0.39, 0.29) is 0 Å². The molecule has 1 fully saturated rings. The lowest BCUT2D eigenvalue weighted by atomic mass is 10.2. The summed E-state index contributed by atoms with van der Waals surface area (Å²) in [6, 6.07) is 0.623. The number of rotatable bonds is 5. The van der Waals surface area contributed by atoms with Crippen LogP contribution in [0.4, 0.5) is 0 Å². The molecule has 0 aliphatic carbocycles. The Hall–Kier alpha value is -0.120.